The fraction of sp³-hybridized carbons (Fsp3) is 0.341. The average molecular weight is 646 g/mol. The van der Waals surface area contributed by atoms with Gasteiger partial charge in [-0.1, -0.05) is 103 Å². The minimum atomic E-state index is -0.792. The van der Waals surface area contributed by atoms with E-state index < -0.39 is 5.97 Å². The molecule has 1 atom stereocenters. The van der Waals surface area contributed by atoms with Crippen molar-refractivity contribution in [1.82, 2.24) is 15.1 Å². The van der Waals surface area contributed by atoms with Crippen LogP contribution in [0.25, 0.3) is 0 Å². The Morgan fingerprint density at radius 2 is 1.29 bits per heavy atom. The molecule has 1 aliphatic heterocycles. The third kappa shape index (κ3) is 10.4. The van der Waals surface area contributed by atoms with Crippen molar-refractivity contribution in [3.63, 3.8) is 0 Å². The summed E-state index contributed by atoms with van der Waals surface area (Å²) in [6.07, 6.45) is 4.07. The van der Waals surface area contributed by atoms with Crippen LogP contribution in [0.2, 0.25) is 0 Å². The number of carboxylic acids is 1. The summed E-state index contributed by atoms with van der Waals surface area (Å²) in [5.74, 6) is -0.628. The Balaban J connectivity index is 1.26. The lowest BCUT2D eigenvalue weighted by Crippen LogP contribution is -2.55. The molecule has 0 spiro atoms. The van der Waals surface area contributed by atoms with Gasteiger partial charge in [0.1, 0.15) is 0 Å². The molecule has 4 aromatic rings. The number of hydrogen-bond donors (Lipinski definition) is 2. The molecule has 2 N–H and O–H groups in total. The molecule has 0 saturated carbocycles. The number of aliphatic carboxylic acids is 1. The topological polar surface area (TPSA) is 90.0 Å². The van der Waals surface area contributed by atoms with E-state index in [2.05, 4.69) is 94.0 Å². The monoisotopic (exact) mass is 645 g/mol. The lowest BCUT2D eigenvalue weighted by atomic mass is 9.93. The van der Waals surface area contributed by atoms with Crippen LogP contribution >= 0.6 is 0 Å². The molecule has 0 unspecified atom stereocenters. The van der Waals surface area contributed by atoms with Crippen molar-refractivity contribution in [2.45, 2.75) is 64.5 Å². The van der Waals surface area contributed by atoms with Gasteiger partial charge in [-0.15, -0.1) is 0 Å². The van der Waals surface area contributed by atoms with Gasteiger partial charge in [0.2, 0.25) is 11.8 Å². The standard InChI is InChI=1S/C41H47N3O4/c1-31(45)42-24-23-36-12-6-8-14-38(36)28-37-13-7-5-11-35(37)20-21-40(46)44-26-25-43(29-34-9-3-2-4-10-34)30-39(44)27-33-17-15-32(16-18-33)19-22-41(47)48/h2-18,39H,19-30H2,1H3,(H,42,45)(H,47,48)/t39-/m1/s1. The highest BCUT2D eigenvalue weighted by molar-refractivity contribution is 5.77. The van der Waals surface area contributed by atoms with Gasteiger partial charge in [0.15, 0.2) is 0 Å². The summed E-state index contributed by atoms with van der Waals surface area (Å²) in [6, 6.07) is 35.5. The van der Waals surface area contributed by atoms with Crippen LogP contribution in [0.1, 0.15) is 58.7 Å². The molecule has 7 heteroatoms. The molecule has 0 bridgehead atoms. The number of nitrogens with zero attached hydrogens (tertiary/aromatic N) is 2. The van der Waals surface area contributed by atoms with Crippen molar-refractivity contribution in [1.29, 1.82) is 0 Å². The van der Waals surface area contributed by atoms with E-state index in [0.29, 0.717) is 32.4 Å². The van der Waals surface area contributed by atoms with E-state index in [1.165, 1.54) is 27.8 Å². The third-order valence-electron chi connectivity index (χ3n) is 9.25. The molecule has 1 fully saturated rings. The number of aryl methyl sites for hydroxylation is 2. The molecule has 0 radical (unpaired) electrons. The highest BCUT2D eigenvalue weighted by Gasteiger charge is 2.30. The second kappa shape index (κ2) is 17.4. The maximum absolute atomic E-state index is 14.0. The number of nitrogens with one attached hydrogen (secondary N) is 1. The van der Waals surface area contributed by atoms with Crippen LogP contribution in [0, 0.1) is 0 Å². The first-order chi connectivity index (χ1) is 23.3. The largest absolute Gasteiger partial charge is 0.481 e. The average Bonchev–Trinajstić information content (AvgIpc) is 3.08. The Labute approximate surface area is 284 Å². The number of piperazine rings is 1. The summed E-state index contributed by atoms with van der Waals surface area (Å²) >= 11 is 0. The number of carboxylic acid groups (broad SMARTS) is 1. The predicted octanol–water partition coefficient (Wildman–Crippen LogP) is 5.86. The van der Waals surface area contributed by atoms with Gasteiger partial charge in [0, 0.05) is 58.5 Å². The Kier molecular flexibility index (Phi) is 12.5. The summed E-state index contributed by atoms with van der Waals surface area (Å²) in [4.78, 5) is 40.9. The summed E-state index contributed by atoms with van der Waals surface area (Å²) in [7, 11) is 0. The molecule has 48 heavy (non-hydrogen) atoms. The minimum Gasteiger partial charge on any atom is -0.481 e. The van der Waals surface area contributed by atoms with Crippen molar-refractivity contribution < 1.29 is 19.5 Å². The van der Waals surface area contributed by atoms with Crippen LogP contribution < -0.4 is 5.32 Å². The first-order valence-electron chi connectivity index (χ1n) is 17.1. The highest BCUT2D eigenvalue weighted by atomic mass is 16.4. The second-order valence-corrected chi connectivity index (χ2v) is 12.8. The Bertz CT molecular complexity index is 1650. The molecular weight excluding hydrogens is 598 g/mol. The van der Waals surface area contributed by atoms with E-state index in [4.69, 9.17) is 5.11 Å². The van der Waals surface area contributed by atoms with Crippen molar-refractivity contribution >= 4 is 17.8 Å². The number of benzene rings is 4. The van der Waals surface area contributed by atoms with Gasteiger partial charge in [-0.25, -0.2) is 0 Å². The zero-order valence-corrected chi connectivity index (χ0v) is 27.9. The molecule has 4 aromatic carbocycles. The molecule has 7 nitrogen and oxygen atoms in total. The van der Waals surface area contributed by atoms with Crippen LogP contribution in [-0.4, -0.2) is 64.9 Å². The molecule has 0 aromatic heterocycles. The Hall–Kier alpha value is -4.75. The van der Waals surface area contributed by atoms with Crippen molar-refractivity contribution in [2.75, 3.05) is 26.2 Å². The van der Waals surface area contributed by atoms with E-state index in [9.17, 15) is 14.4 Å². The molecule has 1 aliphatic rings. The van der Waals surface area contributed by atoms with Crippen molar-refractivity contribution in [3.05, 3.63) is 142 Å². The van der Waals surface area contributed by atoms with Crippen molar-refractivity contribution in [3.8, 4) is 0 Å². The van der Waals surface area contributed by atoms with Crippen molar-refractivity contribution in [2.24, 2.45) is 0 Å². The van der Waals surface area contributed by atoms with Gasteiger partial charge in [-0.2, -0.15) is 0 Å². The minimum absolute atomic E-state index is 0.0202. The molecule has 250 valence electrons. The molecular formula is C41H47N3O4. The van der Waals surface area contributed by atoms with E-state index in [-0.39, 0.29) is 24.3 Å². The van der Waals surface area contributed by atoms with Crippen LogP contribution in [0.3, 0.4) is 0 Å². The number of carbonyl (C=O) groups excluding carboxylic acids is 2. The van der Waals surface area contributed by atoms with Gasteiger partial charge in [-0.05, 0) is 71.0 Å². The lowest BCUT2D eigenvalue weighted by Gasteiger charge is -2.42. The Morgan fingerprint density at radius 3 is 1.94 bits per heavy atom. The SMILES string of the molecule is CC(=O)NCCc1ccccc1Cc1ccccc1CCC(=O)N1CCN(Cc2ccccc2)C[C@H]1Cc1ccc(CCC(=O)O)cc1. The normalized spacial score (nSPS) is 14.9. The third-order valence-corrected chi connectivity index (χ3v) is 9.25. The number of amides is 2. The molecule has 5 rings (SSSR count). The van der Waals surface area contributed by atoms with Crippen LogP contribution in [0.4, 0.5) is 0 Å². The molecule has 2 amide bonds. The number of hydrogen-bond acceptors (Lipinski definition) is 4. The van der Waals surface area contributed by atoms with E-state index in [0.717, 1.165) is 50.0 Å². The van der Waals surface area contributed by atoms with E-state index in [1.54, 1.807) is 6.92 Å². The van der Waals surface area contributed by atoms with Gasteiger partial charge >= 0.3 is 5.97 Å². The molecule has 0 aliphatic carbocycles. The van der Waals surface area contributed by atoms with Gasteiger partial charge in [0.25, 0.3) is 0 Å². The fourth-order valence-electron chi connectivity index (χ4n) is 6.68. The first kappa shape index (κ1) is 34.6. The van der Waals surface area contributed by atoms with Gasteiger partial charge in [-0.3, -0.25) is 19.3 Å². The molecule has 1 saturated heterocycles. The zero-order chi connectivity index (χ0) is 33.7. The first-order valence-corrected chi connectivity index (χ1v) is 17.1. The number of carbonyl (C=O) groups is 3. The summed E-state index contributed by atoms with van der Waals surface area (Å²) < 4.78 is 0. The Morgan fingerprint density at radius 1 is 0.688 bits per heavy atom. The van der Waals surface area contributed by atoms with E-state index >= 15 is 0 Å². The second-order valence-electron chi connectivity index (χ2n) is 12.8. The maximum atomic E-state index is 14.0. The van der Waals surface area contributed by atoms with Crippen LogP contribution in [0.5, 0.6) is 0 Å². The summed E-state index contributed by atoms with van der Waals surface area (Å²) in [6.45, 7) is 5.32. The smallest absolute Gasteiger partial charge is 0.303 e. The van der Waals surface area contributed by atoms with Crippen LogP contribution in [0.15, 0.2) is 103 Å². The fourth-order valence-corrected chi connectivity index (χ4v) is 6.68. The number of rotatable bonds is 15. The van der Waals surface area contributed by atoms with Crippen LogP contribution in [-0.2, 0) is 53.0 Å². The predicted molar refractivity (Wildman–Crippen MR) is 190 cm³/mol. The summed E-state index contributed by atoms with van der Waals surface area (Å²) in [5.41, 5.74) is 8.32. The summed E-state index contributed by atoms with van der Waals surface area (Å²) in [5, 5.41) is 12.0. The highest BCUT2D eigenvalue weighted by Crippen LogP contribution is 2.22. The van der Waals surface area contributed by atoms with Gasteiger partial charge < -0.3 is 15.3 Å². The molecule has 1 heterocycles. The quantitative estimate of drug-likeness (QED) is 0.169. The van der Waals surface area contributed by atoms with Gasteiger partial charge in [0.05, 0.1) is 0 Å². The lowest BCUT2D eigenvalue weighted by molar-refractivity contribution is -0.137. The zero-order valence-electron chi connectivity index (χ0n) is 27.9. The van der Waals surface area contributed by atoms with E-state index in [1.807, 2.05) is 24.3 Å². The maximum Gasteiger partial charge on any atom is 0.303 e.